The fourth-order valence-electron chi connectivity index (χ4n) is 1.96. The van der Waals surface area contributed by atoms with Crippen LogP contribution in [0.1, 0.15) is 37.0 Å². The van der Waals surface area contributed by atoms with E-state index in [1.54, 1.807) is 0 Å². The highest BCUT2D eigenvalue weighted by Gasteiger charge is 2.25. The second-order valence-electron chi connectivity index (χ2n) is 5.14. The van der Waals surface area contributed by atoms with Crippen LogP contribution in [0.4, 0.5) is 0 Å². The van der Waals surface area contributed by atoms with Crippen LogP contribution in [0.5, 0.6) is 5.75 Å². The fraction of sp³-hybridized carbons (Fsp3) is 0.500. The molecule has 0 saturated carbocycles. The van der Waals surface area contributed by atoms with Gasteiger partial charge in [-0.05, 0) is 30.9 Å². The van der Waals surface area contributed by atoms with Gasteiger partial charge in [-0.1, -0.05) is 25.4 Å². The van der Waals surface area contributed by atoms with E-state index in [2.05, 4.69) is 0 Å². The first-order valence-electron chi connectivity index (χ1n) is 6.52. The maximum absolute atomic E-state index is 12.4. The van der Waals surface area contributed by atoms with Crippen molar-refractivity contribution in [1.82, 2.24) is 0 Å². The van der Waals surface area contributed by atoms with Gasteiger partial charge in [0.25, 0.3) is 0 Å². The van der Waals surface area contributed by atoms with E-state index in [1.165, 1.54) is 19.2 Å². The largest absolute Gasteiger partial charge is 0.494 e. The normalized spacial score (nSPS) is 11.7. The van der Waals surface area contributed by atoms with E-state index >= 15 is 0 Å². The van der Waals surface area contributed by atoms with Gasteiger partial charge in [-0.15, -0.1) is 0 Å². The number of carboxylic acids is 1. The summed E-state index contributed by atoms with van der Waals surface area (Å²) in [6.07, 6.45) is 1.27. The number of carboxylic acid groups (broad SMARTS) is 1. The number of halogens is 1. The number of benzene rings is 1. The molecule has 1 aromatic carbocycles. The molecule has 118 valence electrons. The first-order valence-corrected chi connectivity index (χ1v) is 8.55. The minimum atomic E-state index is -3.65. The van der Waals surface area contributed by atoms with Crippen molar-refractivity contribution in [3.8, 4) is 5.75 Å². The molecule has 0 fully saturated rings. The van der Waals surface area contributed by atoms with Gasteiger partial charge in [0, 0.05) is 5.02 Å². The van der Waals surface area contributed by atoms with Crippen molar-refractivity contribution in [3.05, 3.63) is 22.7 Å². The Bertz CT molecular complexity index is 622. The molecule has 0 amide bonds. The molecule has 1 N–H and O–H groups in total. The standard InChI is InChI=1S/C14H19ClO5S/c1-9(2)5-4-6-21(18,19)12-8-10(15)7-11(14(16)17)13(12)20-3/h7-9H,4-6H2,1-3H3,(H,16,17). The molecule has 0 radical (unpaired) electrons. The van der Waals surface area contributed by atoms with Crippen molar-refractivity contribution >= 4 is 27.4 Å². The van der Waals surface area contributed by atoms with Crippen LogP contribution in [0.2, 0.25) is 5.02 Å². The lowest BCUT2D eigenvalue weighted by Gasteiger charge is -2.13. The average molecular weight is 335 g/mol. The lowest BCUT2D eigenvalue weighted by Crippen LogP contribution is -2.12. The lowest BCUT2D eigenvalue weighted by atomic mass is 10.1. The summed E-state index contributed by atoms with van der Waals surface area (Å²) in [5, 5.41) is 9.18. The van der Waals surface area contributed by atoms with Crippen molar-refractivity contribution in [2.24, 2.45) is 5.92 Å². The predicted octanol–water partition coefficient (Wildman–Crippen LogP) is 3.26. The fourth-order valence-corrected chi connectivity index (χ4v) is 3.79. The Labute approximate surface area is 129 Å². The summed E-state index contributed by atoms with van der Waals surface area (Å²) in [5.41, 5.74) is -0.257. The second-order valence-corrected chi connectivity index (χ2v) is 7.66. The molecular formula is C14H19ClO5S. The average Bonchev–Trinajstić information content (AvgIpc) is 2.36. The van der Waals surface area contributed by atoms with Gasteiger partial charge in [0.2, 0.25) is 0 Å². The molecule has 0 heterocycles. The summed E-state index contributed by atoms with van der Waals surface area (Å²) in [6, 6.07) is 2.41. The Balaban J connectivity index is 3.25. The molecule has 7 heteroatoms. The van der Waals surface area contributed by atoms with Gasteiger partial charge in [-0.2, -0.15) is 0 Å². The van der Waals surface area contributed by atoms with Gasteiger partial charge >= 0.3 is 5.97 Å². The minimum absolute atomic E-state index is 0.0515. The Morgan fingerprint density at radius 2 is 2.00 bits per heavy atom. The highest BCUT2D eigenvalue weighted by molar-refractivity contribution is 7.91. The molecule has 0 unspecified atom stereocenters. The van der Waals surface area contributed by atoms with Crippen LogP contribution in [0.3, 0.4) is 0 Å². The molecule has 1 rings (SSSR count). The molecule has 1 aromatic rings. The van der Waals surface area contributed by atoms with Crippen LogP contribution >= 0.6 is 11.6 Å². The predicted molar refractivity (Wildman–Crippen MR) is 81.1 cm³/mol. The third-order valence-corrected chi connectivity index (χ3v) is 5.00. The quantitative estimate of drug-likeness (QED) is 0.827. The monoisotopic (exact) mass is 334 g/mol. The Kier molecular flexibility index (Phi) is 6.04. The molecule has 5 nitrogen and oxygen atoms in total. The Morgan fingerprint density at radius 1 is 1.38 bits per heavy atom. The zero-order chi connectivity index (χ0) is 16.2. The molecule has 21 heavy (non-hydrogen) atoms. The molecule has 0 aliphatic carbocycles. The van der Waals surface area contributed by atoms with Gasteiger partial charge in [0.15, 0.2) is 15.6 Å². The highest BCUT2D eigenvalue weighted by atomic mass is 35.5. The Morgan fingerprint density at radius 3 is 2.48 bits per heavy atom. The van der Waals surface area contributed by atoms with E-state index in [0.29, 0.717) is 12.3 Å². The minimum Gasteiger partial charge on any atom is -0.494 e. The summed E-state index contributed by atoms with van der Waals surface area (Å²) in [4.78, 5) is 11.0. The molecule has 0 aromatic heterocycles. The molecular weight excluding hydrogens is 316 g/mol. The zero-order valence-electron chi connectivity index (χ0n) is 12.2. The van der Waals surface area contributed by atoms with E-state index in [1.807, 2.05) is 13.8 Å². The van der Waals surface area contributed by atoms with E-state index in [9.17, 15) is 13.2 Å². The number of methoxy groups -OCH3 is 1. The number of rotatable bonds is 7. The number of ether oxygens (including phenoxy) is 1. The first kappa shape index (κ1) is 17.8. The lowest BCUT2D eigenvalue weighted by molar-refractivity contribution is 0.0693. The topological polar surface area (TPSA) is 80.7 Å². The molecule has 0 spiro atoms. The number of sulfone groups is 1. The zero-order valence-corrected chi connectivity index (χ0v) is 13.8. The van der Waals surface area contributed by atoms with Crippen LogP contribution in [0, 0.1) is 5.92 Å². The third-order valence-electron chi connectivity index (χ3n) is 2.98. The third kappa shape index (κ3) is 4.61. The van der Waals surface area contributed by atoms with Crippen molar-refractivity contribution in [3.63, 3.8) is 0 Å². The van der Waals surface area contributed by atoms with Crippen LogP contribution < -0.4 is 4.74 Å². The number of carbonyl (C=O) groups is 1. The van der Waals surface area contributed by atoms with E-state index in [4.69, 9.17) is 21.4 Å². The van der Waals surface area contributed by atoms with Crippen molar-refractivity contribution in [2.75, 3.05) is 12.9 Å². The summed E-state index contributed by atoms with van der Waals surface area (Å²) < 4.78 is 29.8. The van der Waals surface area contributed by atoms with Crippen LogP contribution in [-0.4, -0.2) is 32.4 Å². The van der Waals surface area contributed by atoms with Crippen molar-refractivity contribution in [2.45, 2.75) is 31.6 Å². The summed E-state index contributed by atoms with van der Waals surface area (Å²) in [6.45, 7) is 4.02. The van der Waals surface area contributed by atoms with Gasteiger partial charge < -0.3 is 9.84 Å². The maximum atomic E-state index is 12.4. The molecule has 0 aliphatic heterocycles. The van der Waals surface area contributed by atoms with Crippen LogP contribution in [0.15, 0.2) is 17.0 Å². The summed E-state index contributed by atoms with van der Waals surface area (Å²) in [5.74, 6) is -1.12. The molecule has 0 bridgehead atoms. The van der Waals surface area contributed by atoms with Crippen molar-refractivity contribution < 1.29 is 23.1 Å². The van der Waals surface area contributed by atoms with E-state index in [-0.39, 0.29) is 27.0 Å². The van der Waals surface area contributed by atoms with Gasteiger partial charge in [0.05, 0.1) is 12.9 Å². The van der Waals surface area contributed by atoms with E-state index in [0.717, 1.165) is 6.42 Å². The molecule has 0 atom stereocenters. The maximum Gasteiger partial charge on any atom is 0.339 e. The highest BCUT2D eigenvalue weighted by Crippen LogP contribution is 2.33. The van der Waals surface area contributed by atoms with Gasteiger partial charge in [-0.3, -0.25) is 0 Å². The van der Waals surface area contributed by atoms with Crippen LogP contribution in [-0.2, 0) is 9.84 Å². The smallest absolute Gasteiger partial charge is 0.339 e. The first-order chi connectivity index (χ1) is 9.69. The van der Waals surface area contributed by atoms with Crippen LogP contribution in [0.25, 0.3) is 0 Å². The number of hydrogen-bond acceptors (Lipinski definition) is 4. The summed E-state index contributed by atoms with van der Waals surface area (Å²) in [7, 11) is -2.41. The summed E-state index contributed by atoms with van der Waals surface area (Å²) >= 11 is 5.83. The number of aromatic carboxylic acids is 1. The van der Waals surface area contributed by atoms with E-state index < -0.39 is 15.8 Å². The van der Waals surface area contributed by atoms with Crippen molar-refractivity contribution in [1.29, 1.82) is 0 Å². The van der Waals surface area contributed by atoms with Gasteiger partial charge in [-0.25, -0.2) is 13.2 Å². The Hall–Kier alpha value is -1.27. The second kappa shape index (κ2) is 7.13. The SMILES string of the molecule is COc1c(C(=O)O)cc(Cl)cc1S(=O)(=O)CCCC(C)C. The molecule has 0 saturated heterocycles. The number of hydrogen-bond donors (Lipinski definition) is 1. The van der Waals surface area contributed by atoms with Gasteiger partial charge in [0.1, 0.15) is 10.5 Å². The molecule has 0 aliphatic rings.